The van der Waals surface area contributed by atoms with Gasteiger partial charge in [0.05, 0.1) is 11.6 Å². The van der Waals surface area contributed by atoms with E-state index in [-0.39, 0.29) is 3.55 Å². The highest BCUT2D eigenvalue weighted by Crippen LogP contribution is 2.28. The van der Waals surface area contributed by atoms with Gasteiger partial charge in [-0.05, 0) is 13.3 Å². The van der Waals surface area contributed by atoms with Gasteiger partial charge in [0, 0.05) is 0 Å². The van der Waals surface area contributed by atoms with Crippen LogP contribution in [0.25, 0.3) is 0 Å². The summed E-state index contributed by atoms with van der Waals surface area (Å²) in [5.41, 5.74) is 0.897. The topological polar surface area (TPSA) is 30.7 Å². The van der Waals surface area contributed by atoms with E-state index in [0.29, 0.717) is 0 Å². The molecule has 0 aromatic carbocycles. The number of aromatic nitrogens is 3. The average Bonchev–Trinajstić information content (AvgIpc) is 2.36. The zero-order chi connectivity index (χ0) is 9.19. The van der Waals surface area contributed by atoms with Crippen LogP contribution in [0.3, 0.4) is 0 Å². The normalized spacial score (nSPS) is 16.0. The first kappa shape index (κ1) is 10.4. The Bertz CT molecular complexity index is 259. The molecule has 1 aromatic heterocycles. The van der Waals surface area contributed by atoms with Gasteiger partial charge in [0.25, 0.3) is 0 Å². The Labute approximate surface area is 88.6 Å². The minimum Gasteiger partial charge on any atom is -0.236 e. The van der Waals surface area contributed by atoms with Gasteiger partial charge in [0.1, 0.15) is 3.55 Å². The summed E-state index contributed by atoms with van der Waals surface area (Å²) >= 11 is 2.41. The molecule has 0 fully saturated rings. The zero-order valence-corrected chi connectivity index (χ0v) is 10.6. The van der Waals surface area contributed by atoms with Gasteiger partial charge in [0.2, 0.25) is 0 Å². The van der Waals surface area contributed by atoms with Crippen LogP contribution in [0.2, 0.25) is 0 Å². The third-order valence-electron chi connectivity index (χ3n) is 1.70. The molecule has 1 heterocycles. The van der Waals surface area contributed by atoms with Crippen molar-refractivity contribution >= 4 is 37.3 Å². The SMILES string of the molecule is CCCC(C)(I)n1cc(P)nn1. The van der Waals surface area contributed by atoms with Crippen molar-refractivity contribution in [2.24, 2.45) is 0 Å². The van der Waals surface area contributed by atoms with Crippen molar-refractivity contribution in [3.05, 3.63) is 6.20 Å². The van der Waals surface area contributed by atoms with E-state index in [1.165, 1.54) is 0 Å². The van der Waals surface area contributed by atoms with Crippen molar-refractivity contribution in [3.8, 4) is 0 Å². The lowest BCUT2D eigenvalue weighted by Crippen LogP contribution is -2.22. The van der Waals surface area contributed by atoms with Gasteiger partial charge in [-0.25, -0.2) is 4.68 Å². The molecular weight excluding hydrogens is 284 g/mol. The largest absolute Gasteiger partial charge is 0.236 e. The Morgan fingerprint density at radius 1 is 1.75 bits per heavy atom. The fraction of sp³-hybridized carbons (Fsp3) is 0.714. The van der Waals surface area contributed by atoms with Crippen molar-refractivity contribution in [1.82, 2.24) is 15.0 Å². The van der Waals surface area contributed by atoms with E-state index in [4.69, 9.17) is 0 Å². The molecule has 0 saturated heterocycles. The molecule has 0 aliphatic heterocycles. The van der Waals surface area contributed by atoms with Crippen LogP contribution >= 0.6 is 31.8 Å². The van der Waals surface area contributed by atoms with Gasteiger partial charge in [-0.2, -0.15) is 0 Å². The van der Waals surface area contributed by atoms with Crippen molar-refractivity contribution in [2.75, 3.05) is 0 Å². The molecule has 0 bridgehead atoms. The zero-order valence-electron chi connectivity index (χ0n) is 7.29. The van der Waals surface area contributed by atoms with Crippen LogP contribution in [-0.2, 0) is 3.55 Å². The van der Waals surface area contributed by atoms with Crippen LogP contribution in [-0.4, -0.2) is 15.0 Å². The molecule has 2 atom stereocenters. The second kappa shape index (κ2) is 4.01. The Morgan fingerprint density at radius 3 is 2.83 bits per heavy atom. The van der Waals surface area contributed by atoms with E-state index in [1.807, 2.05) is 10.9 Å². The van der Waals surface area contributed by atoms with Gasteiger partial charge >= 0.3 is 0 Å². The van der Waals surface area contributed by atoms with Gasteiger partial charge in [-0.15, -0.1) is 5.10 Å². The molecule has 0 aliphatic carbocycles. The quantitative estimate of drug-likeness (QED) is 0.483. The van der Waals surface area contributed by atoms with Crippen LogP contribution in [0.1, 0.15) is 26.7 Å². The summed E-state index contributed by atoms with van der Waals surface area (Å²) in [5.74, 6) is 0. The molecule has 68 valence electrons. The summed E-state index contributed by atoms with van der Waals surface area (Å²) < 4.78 is 1.98. The van der Waals surface area contributed by atoms with E-state index in [9.17, 15) is 0 Å². The van der Waals surface area contributed by atoms with E-state index >= 15 is 0 Å². The molecule has 0 N–H and O–H groups in total. The lowest BCUT2D eigenvalue weighted by Gasteiger charge is -2.21. The lowest BCUT2D eigenvalue weighted by molar-refractivity contribution is 0.419. The molecule has 12 heavy (non-hydrogen) atoms. The monoisotopic (exact) mass is 297 g/mol. The number of hydrogen-bond donors (Lipinski definition) is 0. The van der Waals surface area contributed by atoms with Gasteiger partial charge < -0.3 is 0 Å². The molecule has 2 unspecified atom stereocenters. The van der Waals surface area contributed by atoms with Crippen molar-refractivity contribution in [1.29, 1.82) is 0 Å². The number of halogens is 1. The molecule has 1 aromatic rings. The molecule has 0 radical (unpaired) electrons. The number of alkyl halides is 1. The van der Waals surface area contributed by atoms with Gasteiger partial charge in [-0.1, -0.05) is 50.4 Å². The fourth-order valence-electron chi connectivity index (χ4n) is 1.08. The lowest BCUT2D eigenvalue weighted by atomic mass is 10.2. The Morgan fingerprint density at radius 2 is 2.42 bits per heavy atom. The smallest absolute Gasteiger partial charge is 0.112 e. The second-order valence-corrected chi connectivity index (χ2v) is 5.90. The molecule has 0 saturated carbocycles. The van der Waals surface area contributed by atoms with Crippen LogP contribution in [0.5, 0.6) is 0 Å². The maximum atomic E-state index is 4.04. The van der Waals surface area contributed by atoms with Crippen molar-refractivity contribution in [3.63, 3.8) is 0 Å². The highest BCUT2D eigenvalue weighted by Gasteiger charge is 2.22. The van der Waals surface area contributed by atoms with E-state index in [1.54, 1.807) is 0 Å². The summed E-state index contributed by atoms with van der Waals surface area (Å²) in [7, 11) is 2.55. The molecule has 0 amide bonds. The first-order valence-electron chi connectivity index (χ1n) is 3.93. The van der Waals surface area contributed by atoms with Crippen molar-refractivity contribution in [2.45, 2.75) is 30.2 Å². The third-order valence-corrected chi connectivity index (χ3v) is 2.99. The van der Waals surface area contributed by atoms with Gasteiger partial charge in [0.15, 0.2) is 0 Å². The van der Waals surface area contributed by atoms with E-state index < -0.39 is 0 Å². The minimum absolute atomic E-state index is 0.0638. The summed E-state index contributed by atoms with van der Waals surface area (Å²) in [5, 5.41) is 7.98. The maximum Gasteiger partial charge on any atom is 0.112 e. The standard InChI is InChI=1S/C7H13IN3P/c1-3-4-7(2,8)11-5-6(12)9-10-11/h5H,3-4,12H2,1-2H3. The predicted molar refractivity (Wildman–Crippen MR) is 61.9 cm³/mol. The number of hydrogen-bond acceptors (Lipinski definition) is 2. The number of rotatable bonds is 3. The molecular formula is C7H13IN3P. The Hall–Kier alpha value is 0.300. The molecule has 5 heteroatoms. The van der Waals surface area contributed by atoms with Gasteiger partial charge in [-0.3, -0.25) is 0 Å². The minimum atomic E-state index is 0.0638. The summed E-state index contributed by atoms with van der Waals surface area (Å²) in [4.78, 5) is 0. The Kier molecular flexibility index (Phi) is 3.47. The molecule has 3 nitrogen and oxygen atoms in total. The molecule has 0 aliphatic rings. The van der Waals surface area contributed by atoms with Crippen LogP contribution in [0.4, 0.5) is 0 Å². The summed E-state index contributed by atoms with van der Waals surface area (Å²) in [6, 6.07) is 0. The number of nitrogens with zero attached hydrogens (tertiary/aromatic N) is 3. The first-order valence-corrected chi connectivity index (χ1v) is 5.59. The maximum absolute atomic E-state index is 4.04. The fourth-order valence-corrected chi connectivity index (χ4v) is 2.04. The Balaban J connectivity index is 2.81. The predicted octanol–water partition coefficient (Wildman–Crippen LogP) is 1.69. The molecule has 0 spiro atoms. The van der Waals surface area contributed by atoms with Crippen LogP contribution in [0, 0.1) is 0 Å². The highest BCUT2D eigenvalue weighted by molar-refractivity contribution is 14.1. The average molecular weight is 297 g/mol. The van der Waals surface area contributed by atoms with Crippen LogP contribution < -0.4 is 5.44 Å². The second-order valence-electron chi connectivity index (χ2n) is 2.98. The van der Waals surface area contributed by atoms with E-state index in [2.05, 4.69) is 56.0 Å². The van der Waals surface area contributed by atoms with Crippen LogP contribution in [0.15, 0.2) is 6.20 Å². The summed E-state index contributed by atoms with van der Waals surface area (Å²) in [6.07, 6.45) is 4.22. The summed E-state index contributed by atoms with van der Waals surface area (Å²) in [6.45, 7) is 4.34. The third kappa shape index (κ3) is 2.39. The first-order chi connectivity index (χ1) is 5.56. The van der Waals surface area contributed by atoms with E-state index in [0.717, 1.165) is 18.3 Å². The molecule has 1 rings (SSSR count). The highest BCUT2D eigenvalue weighted by atomic mass is 127. The van der Waals surface area contributed by atoms with Crippen molar-refractivity contribution < 1.29 is 0 Å².